The summed E-state index contributed by atoms with van der Waals surface area (Å²) >= 11 is 0. The van der Waals surface area contributed by atoms with E-state index in [9.17, 15) is 18.0 Å². The van der Waals surface area contributed by atoms with E-state index < -0.39 is 22.0 Å². The molecular formula is C19H29N3O4S. The molecule has 0 saturated carbocycles. The second kappa shape index (κ2) is 9.32. The molecular weight excluding hydrogens is 366 g/mol. The molecule has 1 saturated heterocycles. The summed E-state index contributed by atoms with van der Waals surface area (Å²) < 4.78 is 27.2. The summed E-state index contributed by atoms with van der Waals surface area (Å²) in [6, 6.07) is 5.18. The molecule has 27 heavy (non-hydrogen) atoms. The lowest BCUT2D eigenvalue weighted by Gasteiger charge is -2.32. The molecule has 1 heterocycles. The highest BCUT2D eigenvalue weighted by Gasteiger charge is 2.31. The number of carbonyl (C=O) groups is 2. The Morgan fingerprint density at radius 3 is 2.48 bits per heavy atom. The van der Waals surface area contributed by atoms with Crippen molar-refractivity contribution in [3.8, 4) is 0 Å². The predicted octanol–water partition coefficient (Wildman–Crippen LogP) is 1.89. The van der Waals surface area contributed by atoms with Crippen molar-refractivity contribution < 1.29 is 18.0 Å². The highest BCUT2D eigenvalue weighted by Crippen LogP contribution is 2.25. The lowest BCUT2D eigenvalue weighted by Crippen LogP contribution is -2.45. The molecule has 0 spiro atoms. The molecule has 1 aliphatic rings. The molecule has 7 nitrogen and oxygen atoms in total. The van der Waals surface area contributed by atoms with Crippen molar-refractivity contribution in [2.75, 3.05) is 13.1 Å². The van der Waals surface area contributed by atoms with Gasteiger partial charge in [-0.3, -0.25) is 9.59 Å². The van der Waals surface area contributed by atoms with Crippen LogP contribution in [0.5, 0.6) is 0 Å². The molecule has 1 aromatic rings. The van der Waals surface area contributed by atoms with Gasteiger partial charge in [0.1, 0.15) is 6.04 Å². The van der Waals surface area contributed by atoms with Gasteiger partial charge in [-0.1, -0.05) is 13.3 Å². The van der Waals surface area contributed by atoms with Gasteiger partial charge in [0.2, 0.25) is 15.9 Å². The molecule has 8 heteroatoms. The topological polar surface area (TPSA) is 95.6 Å². The van der Waals surface area contributed by atoms with Crippen LogP contribution in [-0.2, 0) is 14.8 Å². The van der Waals surface area contributed by atoms with Crippen LogP contribution in [0.3, 0.4) is 0 Å². The number of piperidine rings is 1. The molecule has 150 valence electrons. The molecule has 0 aromatic heterocycles. The zero-order valence-electron chi connectivity index (χ0n) is 16.2. The van der Waals surface area contributed by atoms with E-state index in [0.29, 0.717) is 18.7 Å². The zero-order valence-corrected chi connectivity index (χ0v) is 17.0. The first-order valence-electron chi connectivity index (χ1n) is 9.48. The van der Waals surface area contributed by atoms with Gasteiger partial charge in [0.15, 0.2) is 0 Å². The van der Waals surface area contributed by atoms with E-state index in [4.69, 9.17) is 0 Å². The Kier molecular flexibility index (Phi) is 7.38. The van der Waals surface area contributed by atoms with Crippen LogP contribution >= 0.6 is 0 Å². The summed E-state index contributed by atoms with van der Waals surface area (Å²) in [6.45, 7) is 6.56. The number of carbonyl (C=O) groups excluding carboxylic acids is 2. The SMILES string of the molecule is CCCNC(=O)[C@H](C)NC(=O)c1ccc(S(=O)(=O)N2CCCC[C@@H]2C)cc1. The molecule has 2 atom stereocenters. The Hall–Kier alpha value is -1.93. The van der Waals surface area contributed by atoms with Gasteiger partial charge in [0.25, 0.3) is 5.91 Å². The van der Waals surface area contributed by atoms with Crippen LogP contribution in [0.4, 0.5) is 0 Å². The summed E-state index contributed by atoms with van der Waals surface area (Å²) in [5, 5.41) is 5.34. The molecule has 1 fully saturated rings. The Morgan fingerprint density at radius 1 is 1.22 bits per heavy atom. The van der Waals surface area contributed by atoms with Gasteiger partial charge < -0.3 is 10.6 Å². The van der Waals surface area contributed by atoms with Gasteiger partial charge in [-0.15, -0.1) is 0 Å². The Bertz CT molecular complexity index is 762. The minimum Gasteiger partial charge on any atom is -0.354 e. The van der Waals surface area contributed by atoms with Crippen LogP contribution in [0.2, 0.25) is 0 Å². The van der Waals surface area contributed by atoms with Gasteiger partial charge in [0, 0.05) is 24.7 Å². The monoisotopic (exact) mass is 395 g/mol. The van der Waals surface area contributed by atoms with Crippen molar-refractivity contribution in [1.29, 1.82) is 0 Å². The fraction of sp³-hybridized carbons (Fsp3) is 0.579. The van der Waals surface area contributed by atoms with Crippen molar-refractivity contribution in [2.45, 2.75) is 63.4 Å². The summed E-state index contributed by atoms with van der Waals surface area (Å²) in [6.07, 6.45) is 3.58. The lowest BCUT2D eigenvalue weighted by molar-refractivity contribution is -0.122. The largest absolute Gasteiger partial charge is 0.354 e. The van der Waals surface area contributed by atoms with Crippen molar-refractivity contribution in [3.63, 3.8) is 0 Å². The van der Waals surface area contributed by atoms with Gasteiger partial charge in [-0.2, -0.15) is 4.31 Å². The fourth-order valence-electron chi connectivity index (χ4n) is 3.09. The van der Waals surface area contributed by atoms with E-state index in [2.05, 4.69) is 10.6 Å². The van der Waals surface area contributed by atoms with Gasteiger partial charge in [-0.25, -0.2) is 8.42 Å². The number of rotatable bonds is 7. The third-order valence-corrected chi connectivity index (χ3v) is 6.78. The van der Waals surface area contributed by atoms with Crippen LogP contribution in [0.25, 0.3) is 0 Å². The van der Waals surface area contributed by atoms with E-state index in [1.807, 2.05) is 13.8 Å². The normalized spacial score (nSPS) is 19.3. The summed E-state index contributed by atoms with van der Waals surface area (Å²) in [7, 11) is -3.56. The minimum atomic E-state index is -3.56. The van der Waals surface area contributed by atoms with Gasteiger partial charge >= 0.3 is 0 Å². The minimum absolute atomic E-state index is 0.0193. The van der Waals surface area contributed by atoms with Crippen molar-refractivity contribution in [2.24, 2.45) is 0 Å². The van der Waals surface area contributed by atoms with Gasteiger partial charge in [-0.05, 0) is 57.4 Å². The van der Waals surface area contributed by atoms with E-state index in [0.717, 1.165) is 25.7 Å². The Labute approximate surface area is 161 Å². The lowest BCUT2D eigenvalue weighted by atomic mass is 10.1. The molecule has 1 aromatic carbocycles. The van der Waals surface area contributed by atoms with E-state index in [-0.39, 0.29) is 16.8 Å². The molecule has 2 amide bonds. The van der Waals surface area contributed by atoms with E-state index in [1.54, 1.807) is 6.92 Å². The summed E-state index contributed by atoms with van der Waals surface area (Å²) in [5.41, 5.74) is 0.316. The van der Waals surface area contributed by atoms with Crippen molar-refractivity contribution in [3.05, 3.63) is 29.8 Å². The maximum atomic E-state index is 12.8. The Balaban J connectivity index is 2.05. The maximum Gasteiger partial charge on any atom is 0.251 e. The molecule has 0 unspecified atom stereocenters. The fourth-order valence-corrected chi connectivity index (χ4v) is 4.79. The number of hydrogen-bond acceptors (Lipinski definition) is 4. The summed E-state index contributed by atoms with van der Waals surface area (Å²) in [4.78, 5) is 24.3. The third-order valence-electron chi connectivity index (χ3n) is 4.76. The number of nitrogens with one attached hydrogen (secondary N) is 2. The molecule has 2 rings (SSSR count). The van der Waals surface area contributed by atoms with E-state index in [1.165, 1.54) is 28.6 Å². The van der Waals surface area contributed by atoms with Crippen LogP contribution < -0.4 is 10.6 Å². The first-order chi connectivity index (χ1) is 12.8. The van der Waals surface area contributed by atoms with Crippen molar-refractivity contribution >= 4 is 21.8 Å². The predicted molar refractivity (Wildman–Crippen MR) is 104 cm³/mol. The first kappa shape index (κ1) is 21.4. The van der Waals surface area contributed by atoms with Crippen molar-refractivity contribution in [1.82, 2.24) is 14.9 Å². The van der Waals surface area contributed by atoms with Crippen LogP contribution in [-0.4, -0.2) is 49.7 Å². The molecule has 0 bridgehead atoms. The second-order valence-corrected chi connectivity index (χ2v) is 8.86. The highest BCUT2D eigenvalue weighted by atomic mass is 32.2. The average Bonchev–Trinajstić information content (AvgIpc) is 2.66. The molecule has 0 aliphatic carbocycles. The second-order valence-electron chi connectivity index (χ2n) is 6.97. The van der Waals surface area contributed by atoms with E-state index >= 15 is 0 Å². The standard InChI is InChI=1S/C19H29N3O4S/c1-4-12-20-18(23)15(3)21-19(24)16-8-10-17(11-9-16)27(25,26)22-13-6-5-7-14(22)2/h8-11,14-15H,4-7,12-13H2,1-3H3,(H,20,23)(H,21,24)/t14-,15-/m0/s1. The average molecular weight is 396 g/mol. The first-order valence-corrected chi connectivity index (χ1v) is 10.9. The quantitative estimate of drug-likeness (QED) is 0.737. The third kappa shape index (κ3) is 5.29. The number of nitrogens with zero attached hydrogens (tertiary/aromatic N) is 1. The van der Waals surface area contributed by atoms with Crippen LogP contribution in [0.1, 0.15) is 56.8 Å². The molecule has 2 N–H and O–H groups in total. The summed E-state index contributed by atoms with van der Waals surface area (Å²) in [5.74, 6) is -0.659. The zero-order chi connectivity index (χ0) is 20.0. The maximum absolute atomic E-state index is 12.8. The Morgan fingerprint density at radius 2 is 1.89 bits per heavy atom. The molecule has 1 aliphatic heterocycles. The number of hydrogen-bond donors (Lipinski definition) is 2. The highest BCUT2D eigenvalue weighted by molar-refractivity contribution is 7.89. The number of benzene rings is 1. The van der Waals surface area contributed by atoms with Gasteiger partial charge in [0.05, 0.1) is 4.90 Å². The number of amides is 2. The van der Waals surface area contributed by atoms with Crippen LogP contribution in [0.15, 0.2) is 29.2 Å². The number of sulfonamides is 1. The molecule has 0 radical (unpaired) electrons. The van der Waals surface area contributed by atoms with Crippen LogP contribution in [0, 0.1) is 0 Å². The smallest absolute Gasteiger partial charge is 0.251 e.